The van der Waals surface area contributed by atoms with E-state index in [-0.39, 0.29) is 11.6 Å². The highest BCUT2D eigenvalue weighted by molar-refractivity contribution is 5.69. The molecule has 0 fully saturated rings. The quantitative estimate of drug-likeness (QED) is 0.875. The van der Waals surface area contributed by atoms with Crippen molar-refractivity contribution >= 4 is 5.82 Å². The molecule has 0 saturated carbocycles. The van der Waals surface area contributed by atoms with E-state index in [1.54, 1.807) is 12.1 Å². The second kappa shape index (κ2) is 5.08. The van der Waals surface area contributed by atoms with Gasteiger partial charge in [0, 0.05) is 11.1 Å². The number of aromatic amines is 1. The number of nitrogens with one attached hydrogen (secondary N) is 1. The Balaban J connectivity index is 2.48. The van der Waals surface area contributed by atoms with E-state index in [9.17, 15) is 4.39 Å². The van der Waals surface area contributed by atoms with Crippen LogP contribution in [0.1, 0.15) is 18.9 Å². The zero-order chi connectivity index (χ0) is 13.1. The minimum Gasteiger partial charge on any atom is -0.494 e. The van der Waals surface area contributed by atoms with Crippen molar-refractivity contribution in [2.75, 3.05) is 12.8 Å². The molecule has 5 heteroatoms. The molecule has 1 aromatic heterocycles. The molecule has 1 heterocycles. The number of aromatic nitrogens is 2. The lowest BCUT2D eigenvalue weighted by molar-refractivity contribution is 0.387. The average molecular weight is 249 g/mol. The maximum absolute atomic E-state index is 13.4. The van der Waals surface area contributed by atoms with Crippen LogP contribution < -0.4 is 10.5 Å². The van der Waals surface area contributed by atoms with Crippen LogP contribution in [-0.4, -0.2) is 17.3 Å². The van der Waals surface area contributed by atoms with E-state index in [4.69, 9.17) is 10.5 Å². The molecule has 18 heavy (non-hydrogen) atoms. The van der Waals surface area contributed by atoms with Gasteiger partial charge in [0.25, 0.3) is 0 Å². The Bertz CT molecular complexity index is 551. The molecule has 2 aromatic rings. The van der Waals surface area contributed by atoms with Crippen LogP contribution in [0.5, 0.6) is 5.75 Å². The van der Waals surface area contributed by atoms with Gasteiger partial charge in [-0.3, -0.25) is 5.10 Å². The van der Waals surface area contributed by atoms with Gasteiger partial charge in [-0.15, -0.1) is 0 Å². The molecule has 96 valence electrons. The summed E-state index contributed by atoms with van der Waals surface area (Å²) in [5.41, 5.74) is 8.43. The van der Waals surface area contributed by atoms with Gasteiger partial charge in [-0.05, 0) is 24.6 Å². The molecule has 0 aliphatic carbocycles. The molecule has 0 radical (unpaired) electrons. The van der Waals surface area contributed by atoms with Gasteiger partial charge >= 0.3 is 0 Å². The molecule has 0 aliphatic heterocycles. The normalized spacial score (nSPS) is 10.6. The van der Waals surface area contributed by atoms with Crippen LogP contribution in [0.4, 0.5) is 10.2 Å². The number of halogens is 1. The first kappa shape index (κ1) is 12.4. The van der Waals surface area contributed by atoms with Crippen LogP contribution in [0.25, 0.3) is 11.3 Å². The highest BCUT2D eigenvalue weighted by atomic mass is 19.1. The molecule has 2 rings (SSSR count). The van der Waals surface area contributed by atoms with E-state index in [0.717, 1.165) is 29.7 Å². The Morgan fingerprint density at radius 1 is 1.44 bits per heavy atom. The van der Waals surface area contributed by atoms with Crippen molar-refractivity contribution in [3.8, 4) is 17.0 Å². The van der Waals surface area contributed by atoms with Crippen LogP contribution in [0, 0.1) is 5.82 Å². The Labute approximate surface area is 105 Å². The van der Waals surface area contributed by atoms with E-state index >= 15 is 0 Å². The summed E-state index contributed by atoms with van der Waals surface area (Å²) in [6.07, 6.45) is 1.80. The molecule has 0 amide bonds. The fourth-order valence-electron chi connectivity index (χ4n) is 1.94. The van der Waals surface area contributed by atoms with Gasteiger partial charge in [-0.2, -0.15) is 5.10 Å². The van der Waals surface area contributed by atoms with Gasteiger partial charge in [-0.25, -0.2) is 4.39 Å². The van der Waals surface area contributed by atoms with E-state index < -0.39 is 0 Å². The Morgan fingerprint density at radius 2 is 2.22 bits per heavy atom. The SMILES string of the molecule is CCCc1c(N)n[nH]c1-c1ccc(F)c(OC)c1. The van der Waals surface area contributed by atoms with Gasteiger partial charge in [0.1, 0.15) is 5.82 Å². The van der Waals surface area contributed by atoms with Crippen molar-refractivity contribution in [2.45, 2.75) is 19.8 Å². The first-order chi connectivity index (χ1) is 8.67. The van der Waals surface area contributed by atoms with Gasteiger partial charge < -0.3 is 10.5 Å². The maximum atomic E-state index is 13.4. The van der Waals surface area contributed by atoms with Gasteiger partial charge in [-0.1, -0.05) is 13.3 Å². The number of hydrogen-bond acceptors (Lipinski definition) is 3. The second-order valence-electron chi connectivity index (χ2n) is 4.06. The molecule has 1 aromatic carbocycles. The fraction of sp³-hybridized carbons (Fsp3) is 0.308. The number of benzene rings is 1. The first-order valence-electron chi connectivity index (χ1n) is 5.84. The molecule has 3 N–H and O–H groups in total. The largest absolute Gasteiger partial charge is 0.494 e. The van der Waals surface area contributed by atoms with Crippen LogP contribution in [0.3, 0.4) is 0 Å². The van der Waals surface area contributed by atoms with Crippen molar-refractivity contribution in [1.82, 2.24) is 10.2 Å². The molecule has 0 aliphatic rings. The summed E-state index contributed by atoms with van der Waals surface area (Å²) in [5, 5.41) is 6.90. The fourth-order valence-corrected chi connectivity index (χ4v) is 1.94. The third kappa shape index (κ3) is 2.16. The zero-order valence-corrected chi connectivity index (χ0v) is 10.5. The number of methoxy groups -OCH3 is 1. The van der Waals surface area contributed by atoms with Crippen molar-refractivity contribution in [2.24, 2.45) is 0 Å². The van der Waals surface area contributed by atoms with Crippen LogP contribution >= 0.6 is 0 Å². The monoisotopic (exact) mass is 249 g/mol. The predicted octanol–water partition coefficient (Wildman–Crippen LogP) is 2.76. The molecule has 0 atom stereocenters. The number of nitrogen functional groups attached to an aromatic ring is 1. The summed E-state index contributed by atoms with van der Waals surface area (Å²) in [4.78, 5) is 0. The van der Waals surface area contributed by atoms with Crippen molar-refractivity contribution < 1.29 is 9.13 Å². The second-order valence-corrected chi connectivity index (χ2v) is 4.06. The van der Waals surface area contributed by atoms with Gasteiger partial charge in [0.05, 0.1) is 12.8 Å². The number of hydrogen-bond donors (Lipinski definition) is 2. The number of ether oxygens (including phenoxy) is 1. The summed E-state index contributed by atoms with van der Waals surface area (Å²) < 4.78 is 18.3. The molecule has 0 saturated heterocycles. The summed E-state index contributed by atoms with van der Waals surface area (Å²) in [6, 6.07) is 4.70. The maximum Gasteiger partial charge on any atom is 0.165 e. The minimum absolute atomic E-state index is 0.211. The van der Waals surface area contributed by atoms with Crippen molar-refractivity contribution in [3.63, 3.8) is 0 Å². The van der Waals surface area contributed by atoms with E-state index in [0.29, 0.717) is 5.82 Å². The molecule has 0 unspecified atom stereocenters. The summed E-state index contributed by atoms with van der Waals surface area (Å²) in [6.45, 7) is 2.07. The topological polar surface area (TPSA) is 63.9 Å². The third-order valence-corrected chi connectivity index (χ3v) is 2.84. The Morgan fingerprint density at radius 3 is 2.89 bits per heavy atom. The molecule has 4 nitrogen and oxygen atoms in total. The number of anilines is 1. The summed E-state index contributed by atoms with van der Waals surface area (Å²) >= 11 is 0. The standard InChI is InChI=1S/C13H16FN3O/c1-3-4-9-12(16-17-13(9)15)8-5-6-10(14)11(7-8)18-2/h5-7H,3-4H2,1-2H3,(H3,15,16,17). The lowest BCUT2D eigenvalue weighted by Crippen LogP contribution is -1.94. The highest BCUT2D eigenvalue weighted by Gasteiger charge is 2.13. The lowest BCUT2D eigenvalue weighted by atomic mass is 10.0. The van der Waals surface area contributed by atoms with Crippen LogP contribution in [0.2, 0.25) is 0 Å². The summed E-state index contributed by atoms with van der Waals surface area (Å²) in [5.74, 6) is 0.323. The van der Waals surface area contributed by atoms with E-state index in [2.05, 4.69) is 17.1 Å². The van der Waals surface area contributed by atoms with Crippen LogP contribution in [-0.2, 0) is 6.42 Å². The van der Waals surface area contributed by atoms with Crippen LogP contribution in [0.15, 0.2) is 18.2 Å². The molecular formula is C13H16FN3O. The highest BCUT2D eigenvalue weighted by Crippen LogP contribution is 2.30. The van der Waals surface area contributed by atoms with Crippen molar-refractivity contribution in [3.05, 3.63) is 29.6 Å². The third-order valence-electron chi connectivity index (χ3n) is 2.84. The average Bonchev–Trinajstić information content (AvgIpc) is 2.73. The summed E-state index contributed by atoms with van der Waals surface area (Å²) in [7, 11) is 1.44. The number of nitrogens with two attached hydrogens (primary N) is 1. The van der Waals surface area contributed by atoms with E-state index in [1.807, 2.05) is 0 Å². The Hall–Kier alpha value is -2.04. The van der Waals surface area contributed by atoms with E-state index in [1.165, 1.54) is 13.2 Å². The number of rotatable bonds is 4. The number of H-pyrrole nitrogens is 1. The predicted molar refractivity (Wildman–Crippen MR) is 68.9 cm³/mol. The molecule has 0 bridgehead atoms. The smallest absolute Gasteiger partial charge is 0.165 e. The van der Waals surface area contributed by atoms with Crippen molar-refractivity contribution in [1.29, 1.82) is 0 Å². The molecule has 0 spiro atoms. The Kier molecular flexibility index (Phi) is 3.50. The first-order valence-corrected chi connectivity index (χ1v) is 5.84. The molecular weight excluding hydrogens is 233 g/mol. The van der Waals surface area contributed by atoms with Gasteiger partial charge in [0.15, 0.2) is 11.6 Å². The minimum atomic E-state index is -0.384. The zero-order valence-electron chi connectivity index (χ0n) is 10.5. The lowest BCUT2D eigenvalue weighted by Gasteiger charge is -2.06. The van der Waals surface area contributed by atoms with Gasteiger partial charge in [0.2, 0.25) is 0 Å². The number of nitrogens with zero attached hydrogens (tertiary/aromatic N) is 1.